The molecule has 2 aliphatic rings. The molecule has 0 unspecified atom stereocenters. The molecule has 4 rings (SSSR count). The van der Waals surface area contributed by atoms with Gasteiger partial charge in [-0.2, -0.15) is 0 Å². The van der Waals surface area contributed by atoms with E-state index in [9.17, 15) is 13.6 Å². The normalized spacial score (nSPS) is 21.7. The number of imidazole rings is 1. The van der Waals surface area contributed by atoms with Crippen molar-refractivity contribution in [2.75, 3.05) is 25.1 Å². The highest BCUT2D eigenvalue weighted by molar-refractivity contribution is 5.46. The predicted molar refractivity (Wildman–Crippen MR) is 78.1 cm³/mol. The third-order valence-electron chi connectivity index (χ3n) is 4.43. The summed E-state index contributed by atoms with van der Waals surface area (Å²) < 4.78 is 35.4. The number of hydrogen-bond acceptors (Lipinski definition) is 5. The van der Waals surface area contributed by atoms with Crippen molar-refractivity contribution in [1.29, 1.82) is 0 Å². The van der Waals surface area contributed by atoms with Crippen LogP contribution in [0.4, 0.5) is 14.7 Å². The van der Waals surface area contributed by atoms with Crippen molar-refractivity contribution in [3.63, 3.8) is 0 Å². The lowest BCUT2D eigenvalue weighted by molar-refractivity contribution is -0.0188. The topological polar surface area (TPSA) is 73.4 Å². The molecule has 0 saturated carbocycles. The largest absolute Gasteiger partial charge is 0.381 e. The number of nitrogens with one attached hydrogen (secondary N) is 1. The molecule has 23 heavy (non-hydrogen) atoms. The molecule has 2 aromatic heterocycles. The van der Waals surface area contributed by atoms with E-state index in [1.54, 1.807) is 0 Å². The highest BCUT2D eigenvalue weighted by atomic mass is 19.3. The van der Waals surface area contributed by atoms with Crippen LogP contribution in [0.25, 0.3) is 5.52 Å². The van der Waals surface area contributed by atoms with Crippen molar-refractivity contribution < 1.29 is 13.5 Å². The van der Waals surface area contributed by atoms with Crippen molar-refractivity contribution in [1.82, 2.24) is 19.2 Å². The number of hydrogen-bond donors (Lipinski definition) is 1. The number of aromatic nitrogens is 4. The molecule has 0 atom stereocenters. The highest BCUT2D eigenvalue weighted by Gasteiger charge is 2.34. The van der Waals surface area contributed by atoms with Gasteiger partial charge in [0.15, 0.2) is 5.52 Å². The molecule has 1 N–H and O–H groups in total. The zero-order valence-electron chi connectivity index (χ0n) is 12.5. The standard InChI is InChI=1S/C14H17F2N5O2/c15-14(16)3-4-17-13-19-21-10(12(22)20(13)8-14)7-18-11(21)9-1-5-23-6-2-9/h7,9H,1-6,8H2,(H,17,19). The van der Waals surface area contributed by atoms with Crippen molar-refractivity contribution in [3.8, 4) is 0 Å². The fourth-order valence-corrected chi connectivity index (χ4v) is 3.17. The first kappa shape index (κ1) is 14.6. The summed E-state index contributed by atoms with van der Waals surface area (Å²) in [5.41, 5.74) is -0.260. The maximum absolute atomic E-state index is 13.8. The van der Waals surface area contributed by atoms with E-state index in [2.05, 4.69) is 15.4 Å². The van der Waals surface area contributed by atoms with E-state index in [-0.39, 0.29) is 30.3 Å². The molecule has 9 heteroatoms. The lowest BCUT2D eigenvalue weighted by Gasteiger charge is -2.21. The molecule has 0 amide bonds. The molecular weight excluding hydrogens is 308 g/mol. The van der Waals surface area contributed by atoms with E-state index in [0.29, 0.717) is 19.0 Å². The van der Waals surface area contributed by atoms with E-state index in [4.69, 9.17) is 4.74 Å². The van der Waals surface area contributed by atoms with Crippen LogP contribution in [-0.2, 0) is 11.3 Å². The molecule has 0 aromatic carbocycles. The first-order valence-electron chi connectivity index (χ1n) is 7.73. The summed E-state index contributed by atoms with van der Waals surface area (Å²) in [6.45, 7) is 0.712. The van der Waals surface area contributed by atoms with E-state index in [1.165, 1.54) is 10.7 Å². The van der Waals surface area contributed by atoms with Gasteiger partial charge in [0.2, 0.25) is 5.95 Å². The van der Waals surface area contributed by atoms with Gasteiger partial charge in [-0.25, -0.2) is 18.3 Å². The predicted octanol–water partition coefficient (Wildman–Crippen LogP) is 1.24. The van der Waals surface area contributed by atoms with Crippen LogP contribution in [-0.4, -0.2) is 44.8 Å². The summed E-state index contributed by atoms with van der Waals surface area (Å²) >= 11 is 0. The maximum atomic E-state index is 13.8. The van der Waals surface area contributed by atoms with Crippen LogP contribution < -0.4 is 10.9 Å². The van der Waals surface area contributed by atoms with Gasteiger partial charge in [0.1, 0.15) is 5.82 Å². The van der Waals surface area contributed by atoms with E-state index in [1.807, 2.05) is 0 Å². The zero-order chi connectivity index (χ0) is 16.0. The Morgan fingerprint density at radius 2 is 2.13 bits per heavy atom. The second-order valence-corrected chi connectivity index (χ2v) is 6.05. The Labute approximate surface area is 130 Å². The number of ether oxygens (including phenoxy) is 1. The smallest absolute Gasteiger partial charge is 0.281 e. The van der Waals surface area contributed by atoms with Crippen LogP contribution >= 0.6 is 0 Å². The minimum atomic E-state index is -2.92. The van der Waals surface area contributed by atoms with Crippen LogP contribution in [0.2, 0.25) is 0 Å². The van der Waals surface area contributed by atoms with Crippen molar-refractivity contribution in [2.45, 2.75) is 37.6 Å². The zero-order valence-corrected chi connectivity index (χ0v) is 12.5. The van der Waals surface area contributed by atoms with Crippen LogP contribution in [0, 0.1) is 0 Å². The van der Waals surface area contributed by atoms with Crippen molar-refractivity contribution in [2.24, 2.45) is 0 Å². The van der Waals surface area contributed by atoms with Crippen LogP contribution in [0.15, 0.2) is 11.0 Å². The van der Waals surface area contributed by atoms with Crippen molar-refractivity contribution in [3.05, 3.63) is 22.4 Å². The summed E-state index contributed by atoms with van der Waals surface area (Å²) in [5.74, 6) is -1.90. The lowest BCUT2D eigenvalue weighted by atomic mass is 10.00. The number of alkyl halides is 2. The SMILES string of the molecule is O=c1c2cnc(C3CCOCC3)n2nc2n1CC(F)(F)CCN2. The first-order chi connectivity index (χ1) is 11.1. The molecule has 4 heterocycles. The Hall–Kier alpha value is -2.03. The van der Waals surface area contributed by atoms with Gasteiger partial charge in [0.05, 0.1) is 12.7 Å². The Morgan fingerprint density at radius 3 is 2.91 bits per heavy atom. The van der Waals surface area contributed by atoms with E-state index < -0.39 is 18.0 Å². The fourth-order valence-electron chi connectivity index (χ4n) is 3.17. The van der Waals surface area contributed by atoms with Crippen LogP contribution in [0.5, 0.6) is 0 Å². The number of fused-ring (bicyclic) bond motifs is 2. The molecule has 124 valence electrons. The average Bonchev–Trinajstić information content (AvgIpc) is 2.88. The van der Waals surface area contributed by atoms with Gasteiger partial charge < -0.3 is 10.1 Å². The Bertz CT molecular complexity index is 794. The summed E-state index contributed by atoms with van der Waals surface area (Å²) in [4.78, 5) is 16.9. The monoisotopic (exact) mass is 325 g/mol. The number of anilines is 1. The Morgan fingerprint density at radius 1 is 1.35 bits per heavy atom. The molecule has 0 bridgehead atoms. The third kappa shape index (κ3) is 2.48. The summed E-state index contributed by atoms with van der Waals surface area (Å²) in [5, 5.41) is 7.20. The molecule has 2 aliphatic heterocycles. The highest BCUT2D eigenvalue weighted by Crippen LogP contribution is 2.27. The van der Waals surface area contributed by atoms with Crippen LogP contribution in [0.3, 0.4) is 0 Å². The molecular formula is C14H17F2N5O2. The first-order valence-corrected chi connectivity index (χ1v) is 7.73. The minimum Gasteiger partial charge on any atom is -0.381 e. The van der Waals surface area contributed by atoms with Gasteiger partial charge >= 0.3 is 0 Å². The van der Waals surface area contributed by atoms with E-state index in [0.717, 1.165) is 17.4 Å². The van der Waals surface area contributed by atoms with Gasteiger partial charge in [-0.05, 0) is 12.8 Å². The average molecular weight is 325 g/mol. The molecule has 0 spiro atoms. The Balaban J connectivity index is 1.84. The minimum absolute atomic E-state index is 0.0756. The second kappa shape index (κ2) is 5.26. The quantitative estimate of drug-likeness (QED) is 0.854. The van der Waals surface area contributed by atoms with Crippen LogP contribution in [0.1, 0.15) is 31.0 Å². The van der Waals surface area contributed by atoms with Gasteiger partial charge in [0.25, 0.3) is 11.5 Å². The Kier molecular flexibility index (Phi) is 3.33. The molecule has 1 fully saturated rings. The van der Waals surface area contributed by atoms with Gasteiger partial charge in [-0.15, -0.1) is 5.10 Å². The second-order valence-electron chi connectivity index (χ2n) is 6.05. The molecule has 1 saturated heterocycles. The summed E-state index contributed by atoms with van der Waals surface area (Å²) in [7, 11) is 0. The van der Waals surface area contributed by atoms with Gasteiger partial charge in [-0.1, -0.05) is 0 Å². The number of halogens is 2. The van der Waals surface area contributed by atoms with Gasteiger partial charge in [0, 0.05) is 32.1 Å². The van der Waals surface area contributed by atoms with E-state index >= 15 is 0 Å². The summed E-state index contributed by atoms with van der Waals surface area (Å²) in [6, 6.07) is 0. The molecule has 7 nitrogen and oxygen atoms in total. The molecule has 0 radical (unpaired) electrons. The lowest BCUT2D eigenvalue weighted by Crippen LogP contribution is -2.32. The maximum Gasteiger partial charge on any atom is 0.281 e. The number of nitrogens with zero attached hydrogens (tertiary/aromatic N) is 4. The molecule has 2 aromatic rings. The fraction of sp³-hybridized carbons (Fsp3) is 0.643. The number of rotatable bonds is 1. The van der Waals surface area contributed by atoms with Crippen molar-refractivity contribution >= 4 is 11.5 Å². The summed E-state index contributed by atoms with van der Waals surface area (Å²) in [6.07, 6.45) is 2.72. The van der Waals surface area contributed by atoms with Gasteiger partial charge in [-0.3, -0.25) is 9.36 Å². The third-order valence-corrected chi connectivity index (χ3v) is 4.43. The molecule has 0 aliphatic carbocycles.